The maximum Gasteiger partial charge on any atom is 0.420 e. The van der Waals surface area contributed by atoms with Gasteiger partial charge in [0, 0.05) is 5.39 Å². The second-order valence-corrected chi connectivity index (χ2v) is 6.10. The predicted molar refractivity (Wildman–Crippen MR) is 87.1 cm³/mol. The monoisotopic (exact) mass is 365 g/mol. The SMILES string of the molecule is Cc1nc2c(C)cc(C(F)(F)F)c(-n3ncc4cccc(Cl)c43)n2n1. The van der Waals surface area contributed by atoms with Gasteiger partial charge in [-0.3, -0.25) is 0 Å². The van der Waals surface area contributed by atoms with Gasteiger partial charge in [0.05, 0.1) is 16.7 Å². The van der Waals surface area contributed by atoms with Crippen molar-refractivity contribution in [2.45, 2.75) is 20.0 Å². The molecule has 25 heavy (non-hydrogen) atoms. The summed E-state index contributed by atoms with van der Waals surface area (Å²) in [5, 5.41) is 9.21. The molecule has 0 unspecified atom stereocenters. The summed E-state index contributed by atoms with van der Waals surface area (Å²) < 4.78 is 43.5. The number of benzene rings is 1. The van der Waals surface area contributed by atoms with Crippen LogP contribution in [0.4, 0.5) is 13.2 Å². The number of aromatic nitrogens is 5. The van der Waals surface area contributed by atoms with Crippen molar-refractivity contribution >= 4 is 28.2 Å². The van der Waals surface area contributed by atoms with Crippen molar-refractivity contribution in [1.82, 2.24) is 24.4 Å². The Morgan fingerprint density at radius 3 is 2.64 bits per heavy atom. The molecule has 0 fully saturated rings. The van der Waals surface area contributed by atoms with Crippen LogP contribution in [0.3, 0.4) is 0 Å². The quantitative estimate of drug-likeness (QED) is 0.503. The third kappa shape index (κ3) is 2.36. The maximum atomic E-state index is 13.7. The van der Waals surface area contributed by atoms with Crippen LogP contribution in [-0.4, -0.2) is 24.4 Å². The first-order valence-corrected chi connectivity index (χ1v) is 7.72. The molecule has 0 amide bonds. The van der Waals surface area contributed by atoms with Crippen LogP contribution in [0.5, 0.6) is 0 Å². The van der Waals surface area contributed by atoms with Gasteiger partial charge in [-0.1, -0.05) is 23.7 Å². The molecule has 0 saturated carbocycles. The molecule has 3 heterocycles. The van der Waals surface area contributed by atoms with Crippen LogP contribution in [-0.2, 0) is 6.18 Å². The number of halogens is 4. The fourth-order valence-electron chi connectivity index (χ4n) is 2.89. The number of aryl methyl sites for hydroxylation is 2. The average molecular weight is 366 g/mol. The van der Waals surface area contributed by atoms with Crippen LogP contribution in [0.25, 0.3) is 22.4 Å². The highest BCUT2D eigenvalue weighted by molar-refractivity contribution is 6.35. The summed E-state index contributed by atoms with van der Waals surface area (Å²) in [7, 11) is 0. The van der Waals surface area contributed by atoms with Crippen molar-refractivity contribution in [2.75, 3.05) is 0 Å². The summed E-state index contributed by atoms with van der Waals surface area (Å²) in [4.78, 5) is 4.22. The maximum absolute atomic E-state index is 13.7. The molecule has 4 rings (SSSR count). The Morgan fingerprint density at radius 2 is 1.92 bits per heavy atom. The minimum absolute atomic E-state index is 0.239. The number of alkyl halides is 3. The molecular weight excluding hydrogens is 355 g/mol. The molecule has 0 atom stereocenters. The Morgan fingerprint density at radius 1 is 1.16 bits per heavy atom. The van der Waals surface area contributed by atoms with Crippen molar-refractivity contribution in [2.24, 2.45) is 0 Å². The van der Waals surface area contributed by atoms with E-state index in [9.17, 15) is 13.2 Å². The largest absolute Gasteiger partial charge is 0.420 e. The fraction of sp³-hybridized carbons (Fsp3) is 0.188. The van der Waals surface area contributed by atoms with Crippen molar-refractivity contribution < 1.29 is 13.2 Å². The lowest BCUT2D eigenvalue weighted by molar-refractivity contribution is -0.137. The van der Waals surface area contributed by atoms with Crippen LogP contribution >= 0.6 is 11.6 Å². The van der Waals surface area contributed by atoms with Crippen LogP contribution in [0.1, 0.15) is 17.0 Å². The van der Waals surface area contributed by atoms with Crippen LogP contribution in [0.2, 0.25) is 5.02 Å². The van der Waals surface area contributed by atoms with E-state index < -0.39 is 11.7 Å². The van der Waals surface area contributed by atoms with E-state index in [2.05, 4.69) is 15.2 Å². The van der Waals surface area contributed by atoms with Gasteiger partial charge in [0.1, 0.15) is 11.4 Å². The van der Waals surface area contributed by atoms with Crippen LogP contribution in [0, 0.1) is 13.8 Å². The zero-order valence-corrected chi connectivity index (χ0v) is 13.9. The molecule has 4 aromatic rings. The molecule has 0 aliphatic rings. The molecule has 128 valence electrons. The highest BCUT2D eigenvalue weighted by atomic mass is 35.5. The number of hydrogen-bond acceptors (Lipinski definition) is 3. The Kier molecular flexibility index (Phi) is 3.30. The van der Waals surface area contributed by atoms with Gasteiger partial charge in [-0.25, -0.2) is 9.67 Å². The Labute approximate surface area is 144 Å². The molecule has 0 radical (unpaired) electrons. The molecule has 0 bridgehead atoms. The molecule has 0 spiro atoms. The minimum atomic E-state index is -4.59. The van der Waals surface area contributed by atoms with Crippen LogP contribution < -0.4 is 0 Å². The summed E-state index contributed by atoms with van der Waals surface area (Å²) in [6.07, 6.45) is -3.12. The zero-order valence-electron chi connectivity index (χ0n) is 13.1. The van der Waals surface area contributed by atoms with Crippen LogP contribution in [0.15, 0.2) is 30.5 Å². The van der Waals surface area contributed by atoms with Crippen molar-refractivity contribution in [1.29, 1.82) is 0 Å². The molecule has 5 nitrogen and oxygen atoms in total. The first kappa shape index (κ1) is 15.9. The second kappa shape index (κ2) is 5.19. The Balaban J connectivity index is 2.21. The lowest BCUT2D eigenvalue weighted by Crippen LogP contribution is -2.17. The number of rotatable bonds is 1. The van der Waals surface area contributed by atoms with Gasteiger partial charge >= 0.3 is 6.18 Å². The van der Waals surface area contributed by atoms with E-state index in [1.807, 2.05) is 0 Å². The first-order valence-electron chi connectivity index (χ1n) is 7.34. The number of fused-ring (bicyclic) bond motifs is 2. The normalized spacial score (nSPS) is 12.4. The van der Waals surface area contributed by atoms with Crippen molar-refractivity contribution in [3.8, 4) is 5.82 Å². The zero-order chi connectivity index (χ0) is 17.9. The lowest BCUT2D eigenvalue weighted by Gasteiger charge is -2.16. The van der Waals surface area contributed by atoms with E-state index in [-0.39, 0.29) is 5.82 Å². The number of pyridine rings is 1. The second-order valence-electron chi connectivity index (χ2n) is 5.69. The summed E-state index contributed by atoms with van der Waals surface area (Å²) >= 11 is 6.22. The summed E-state index contributed by atoms with van der Waals surface area (Å²) in [6, 6.07) is 6.11. The van der Waals surface area contributed by atoms with E-state index >= 15 is 0 Å². The van der Waals surface area contributed by atoms with E-state index in [4.69, 9.17) is 11.6 Å². The van der Waals surface area contributed by atoms with Gasteiger partial charge in [0.15, 0.2) is 11.5 Å². The summed E-state index contributed by atoms with van der Waals surface area (Å²) in [5.41, 5.74) is 0.246. The van der Waals surface area contributed by atoms with Gasteiger partial charge in [0.2, 0.25) is 0 Å². The van der Waals surface area contributed by atoms with Gasteiger partial charge in [-0.2, -0.15) is 22.8 Å². The summed E-state index contributed by atoms with van der Waals surface area (Å²) in [6.45, 7) is 3.19. The van der Waals surface area contributed by atoms with E-state index in [0.717, 1.165) is 6.07 Å². The molecular formula is C16H11ClF3N5. The number of para-hydroxylation sites is 1. The van der Waals surface area contributed by atoms with E-state index in [0.29, 0.717) is 33.0 Å². The number of nitrogens with zero attached hydrogens (tertiary/aromatic N) is 5. The smallest absolute Gasteiger partial charge is 0.212 e. The Bertz CT molecular complexity index is 1130. The minimum Gasteiger partial charge on any atom is -0.212 e. The predicted octanol–water partition coefficient (Wildman–Crippen LogP) is 4.36. The van der Waals surface area contributed by atoms with E-state index in [1.54, 1.807) is 32.0 Å². The van der Waals surface area contributed by atoms with Gasteiger partial charge < -0.3 is 0 Å². The average Bonchev–Trinajstić information content (AvgIpc) is 3.11. The third-order valence-corrected chi connectivity index (χ3v) is 4.22. The van der Waals surface area contributed by atoms with Gasteiger partial charge in [-0.15, -0.1) is 5.10 Å². The lowest BCUT2D eigenvalue weighted by atomic mass is 10.1. The molecule has 0 saturated heterocycles. The third-order valence-electron chi connectivity index (χ3n) is 3.92. The molecule has 3 aromatic heterocycles. The highest BCUT2D eigenvalue weighted by Gasteiger charge is 2.37. The van der Waals surface area contributed by atoms with Gasteiger partial charge in [-0.05, 0) is 31.5 Å². The number of hydrogen-bond donors (Lipinski definition) is 0. The molecule has 0 aliphatic heterocycles. The molecule has 0 aliphatic carbocycles. The topological polar surface area (TPSA) is 48.0 Å². The molecule has 1 aromatic carbocycles. The standard InChI is InChI=1S/C16H11ClF3N5/c1-8-6-11(16(18,19)20)15(25-14(8)22-9(2)23-25)24-13-10(7-21-24)4-3-5-12(13)17/h3-7H,1-2H3. The Hall–Kier alpha value is -2.61. The van der Waals surface area contributed by atoms with Crippen molar-refractivity contribution in [3.63, 3.8) is 0 Å². The van der Waals surface area contributed by atoms with Crippen molar-refractivity contribution in [3.05, 3.63) is 52.4 Å². The van der Waals surface area contributed by atoms with Gasteiger partial charge in [0.25, 0.3) is 0 Å². The molecule has 0 N–H and O–H groups in total. The highest BCUT2D eigenvalue weighted by Crippen LogP contribution is 2.37. The fourth-order valence-corrected chi connectivity index (χ4v) is 3.15. The molecule has 9 heteroatoms. The van der Waals surface area contributed by atoms with E-state index in [1.165, 1.54) is 15.4 Å². The first-order chi connectivity index (χ1) is 11.8. The summed E-state index contributed by atoms with van der Waals surface area (Å²) in [5.74, 6) is 0.128.